The molecule has 3 nitrogen and oxygen atoms in total. The van der Waals surface area contributed by atoms with Crippen molar-refractivity contribution in [3.63, 3.8) is 0 Å². The summed E-state index contributed by atoms with van der Waals surface area (Å²) < 4.78 is 11.1. The molecule has 2 aromatic rings. The average Bonchev–Trinajstić information content (AvgIpc) is 2.38. The van der Waals surface area contributed by atoms with Gasteiger partial charge in [0.05, 0.1) is 6.61 Å². The molecular formula is C14H13Cl2NO2. The summed E-state index contributed by atoms with van der Waals surface area (Å²) in [5.41, 5.74) is 0.785. The van der Waals surface area contributed by atoms with Crippen LogP contribution in [0.2, 0.25) is 10.3 Å². The van der Waals surface area contributed by atoms with Gasteiger partial charge < -0.3 is 9.47 Å². The van der Waals surface area contributed by atoms with Gasteiger partial charge in [-0.05, 0) is 31.2 Å². The van der Waals surface area contributed by atoms with Crippen molar-refractivity contribution >= 4 is 23.2 Å². The van der Waals surface area contributed by atoms with Crippen LogP contribution in [0.3, 0.4) is 0 Å². The molecule has 0 bridgehead atoms. The van der Waals surface area contributed by atoms with E-state index in [1.54, 1.807) is 12.1 Å². The first-order chi connectivity index (χ1) is 9.19. The number of benzene rings is 1. The highest BCUT2D eigenvalue weighted by atomic mass is 35.5. The highest BCUT2D eigenvalue weighted by Crippen LogP contribution is 2.22. The number of halogens is 2. The van der Waals surface area contributed by atoms with Crippen LogP contribution in [0.4, 0.5) is 0 Å². The fraction of sp³-hybridized carbons (Fsp3) is 0.214. The molecule has 100 valence electrons. The van der Waals surface area contributed by atoms with Crippen molar-refractivity contribution in [2.75, 3.05) is 6.61 Å². The van der Waals surface area contributed by atoms with Gasteiger partial charge in [0.15, 0.2) is 0 Å². The number of hydrogen-bond acceptors (Lipinski definition) is 3. The molecule has 0 aliphatic carbocycles. The standard InChI is InChI=1S/C14H13Cl2NO2/c1-2-18-11-4-3-5-12(8-11)19-9-10-6-7-13(15)17-14(10)16/h3-8H,2,9H2,1H3. The molecule has 0 fully saturated rings. The van der Waals surface area contributed by atoms with Crippen LogP contribution in [0.15, 0.2) is 36.4 Å². The SMILES string of the molecule is CCOc1cccc(OCc2ccc(Cl)nc2Cl)c1. The maximum atomic E-state index is 5.98. The molecule has 0 amide bonds. The Morgan fingerprint density at radius 1 is 1.05 bits per heavy atom. The van der Waals surface area contributed by atoms with Crippen LogP contribution in [0.25, 0.3) is 0 Å². The summed E-state index contributed by atoms with van der Waals surface area (Å²) in [4.78, 5) is 3.96. The molecular weight excluding hydrogens is 285 g/mol. The third-order valence-electron chi connectivity index (χ3n) is 2.40. The topological polar surface area (TPSA) is 31.4 Å². The molecule has 0 N–H and O–H groups in total. The van der Waals surface area contributed by atoms with Crippen molar-refractivity contribution in [1.29, 1.82) is 0 Å². The minimum Gasteiger partial charge on any atom is -0.494 e. The lowest BCUT2D eigenvalue weighted by Gasteiger charge is -2.09. The van der Waals surface area contributed by atoms with Crippen LogP contribution in [-0.2, 0) is 6.61 Å². The maximum absolute atomic E-state index is 5.98. The van der Waals surface area contributed by atoms with Gasteiger partial charge in [-0.3, -0.25) is 0 Å². The Bertz CT molecular complexity index is 561. The van der Waals surface area contributed by atoms with Gasteiger partial charge in [0.2, 0.25) is 0 Å². The lowest BCUT2D eigenvalue weighted by molar-refractivity contribution is 0.299. The zero-order chi connectivity index (χ0) is 13.7. The molecule has 1 heterocycles. The van der Waals surface area contributed by atoms with E-state index in [1.807, 2.05) is 31.2 Å². The van der Waals surface area contributed by atoms with E-state index in [0.29, 0.717) is 23.5 Å². The van der Waals surface area contributed by atoms with Gasteiger partial charge in [0.1, 0.15) is 28.4 Å². The quantitative estimate of drug-likeness (QED) is 0.768. The highest BCUT2D eigenvalue weighted by Gasteiger charge is 2.04. The number of hydrogen-bond donors (Lipinski definition) is 0. The van der Waals surface area contributed by atoms with E-state index < -0.39 is 0 Å². The predicted octanol–water partition coefficient (Wildman–Crippen LogP) is 4.37. The molecule has 0 aliphatic heterocycles. The normalized spacial score (nSPS) is 10.3. The summed E-state index contributed by atoms with van der Waals surface area (Å²) in [6.07, 6.45) is 0. The molecule has 0 atom stereocenters. The molecule has 5 heteroatoms. The largest absolute Gasteiger partial charge is 0.494 e. The monoisotopic (exact) mass is 297 g/mol. The van der Waals surface area contributed by atoms with E-state index in [4.69, 9.17) is 32.7 Å². The van der Waals surface area contributed by atoms with Crippen LogP contribution in [0.5, 0.6) is 11.5 Å². The number of nitrogens with zero attached hydrogens (tertiary/aromatic N) is 1. The van der Waals surface area contributed by atoms with Crippen molar-refractivity contribution in [3.05, 3.63) is 52.3 Å². The average molecular weight is 298 g/mol. The number of ether oxygens (including phenoxy) is 2. The molecule has 2 rings (SSSR count). The highest BCUT2D eigenvalue weighted by molar-refractivity contribution is 6.32. The zero-order valence-electron chi connectivity index (χ0n) is 10.4. The van der Waals surface area contributed by atoms with Gasteiger partial charge in [-0.2, -0.15) is 0 Å². The van der Waals surface area contributed by atoms with Crippen LogP contribution in [0.1, 0.15) is 12.5 Å². The van der Waals surface area contributed by atoms with E-state index in [2.05, 4.69) is 4.98 Å². The van der Waals surface area contributed by atoms with Crippen molar-refractivity contribution in [3.8, 4) is 11.5 Å². The van der Waals surface area contributed by atoms with Crippen molar-refractivity contribution in [2.24, 2.45) is 0 Å². The lowest BCUT2D eigenvalue weighted by Crippen LogP contribution is -1.98. The third kappa shape index (κ3) is 4.01. The Labute approximate surface area is 122 Å². The second kappa shape index (κ2) is 6.64. The molecule has 0 aliphatic rings. The second-order valence-electron chi connectivity index (χ2n) is 3.78. The summed E-state index contributed by atoms with van der Waals surface area (Å²) >= 11 is 11.7. The van der Waals surface area contributed by atoms with E-state index >= 15 is 0 Å². The van der Waals surface area contributed by atoms with Gasteiger partial charge in [-0.1, -0.05) is 29.3 Å². The minimum atomic E-state index is 0.332. The van der Waals surface area contributed by atoms with Crippen molar-refractivity contribution < 1.29 is 9.47 Å². The lowest BCUT2D eigenvalue weighted by atomic mass is 10.3. The van der Waals surface area contributed by atoms with E-state index in [0.717, 1.165) is 17.1 Å². The summed E-state index contributed by atoms with van der Waals surface area (Å²) in [5, 5.41) is 0.723. The first-order valence-electron chi connectivity index (χ1n) is 5.85. The molecule has 1 aromatic heterocycles. The second-order valence-corrected chi connectivity index (χ2v) is 4.53. The number of rotatable bonds is 5. The van der Waals surface area contributed by atoms with Crippen LogP contribution in [0, 0.1) is 0 Å². The van der Waals surface area contributed by atoms with Gasteiger partial charge in [0.25, 0.3) is 0 Å². The molecule has 0 radical (unpaired) electrons. The van der Waals surface area contributed by atoms with Crippen molar-refractivity contribution in [1.82, 2.24) is 4.98 Å². The van der Waals surface area contributed by atoms with Crippen LogP contribution >= 0.6 is 23.2 Å². The van der Waals surface area contributed by atoms with E-state index in [9.17, 15) is 0 Å². The predicted molar refractivity (Wildman–Crippen MR) is 76.2 cm³/mol. The summed E-state index contributed by atoms with van der Waals surface area (Å²) in [6, 6.07) is 10.9. The third-order valence-corrected chi connectivity index (χ3v) is 2.94. The smallest absolute Gasteiger partial charge is 0.137 e. The minimum absolute atomic E-state index is 0.332. The van der Waals surface area contributed by atoms with Gasteiger partial charge in [-0.15, -0.1) is 0 Å². The summed E-state index contributed by atoms with van der Waals surface area (Å²) in [6.45, 7) is 2.89. The molecule has 0 spiro atoms. The summed E-state index contributed by atoms with van der Waals surface area (Å²) in [5.74, 6) is 1.50. The first-order valence-corrected chi connectivity index (χ1v) is 6.61. The van der Waals surface area contributed by atoms with Crippen LogP contribution < -0.4 is 9.47 Å². The van der Waals surface area contributed by atoms with Crippen molar-refractivity contribution in [2.45, 2.75) is 13.5 Å². The fourth-order valence-corrected chi connectivity index (χ4v) is 1.93. The molecule has 0 unspecified atom stereocenters. The van der Waals surface area contributed by atoms with Gasteiger partial charge in [0, 0.05) is 11.6 Å². The Kier molecular flexibility index (Phi) is 4.88. The Hall–Kier alpha value is -1.45. The molecule has 1 aromatic carbocycles. The summed E-state index contributed by atoms with van der Waals surface area (Å²) in [7, 11) is 0. The van der Waals surface area contributed by atoms with E-state index in [-0.39, 0.29) is 0 Å². The van der Waals surface area contributed by atoms with E-state index in [1.165, 1.54) is 0 Å². The molecule has 19 heavy (non-hydrogen) atoms. The van der Waals surface area contributed by atoms with Crippen LogP contribution in [-0.4, -0.2) is 11.6 Å². The zero-order valence-corrected chi connectivity index (χ0v) is 11.9. The number of aromatic nitrogens is 1. The molecule has 0 saturated heterocycles. The van der Waals surface area contributed by atoms with Gasteiger partial charge in [-0.25, -0.2) is 4.98 Å². The Morgan fingerprint density at radius 2 is 1.79 bits per heavy atom. The van der Waals surface area contributed by atoms with Gasteiger partial charge >= 0.3 is 0 Å². The Balaban J connectivity index is 2.03. The first kappa shape index (κ1) is 14.0. The Morgan fingerprint density at radius 3 is 2.47 bits per heavy atom. The number of pyridine rings is 1. The fourth-order valence-electron chi connectivity index (χ4n) is 1.53. The maximum Gasteiger partial charge on any atom is 0.137 e. The molecule has 0 saturated carbocycles.